The van der Waals surface area contributed by atoms with Crippen molar-refractivity contribution in [3.05, 3.63) is 89.5 Å². The summed E-state index contributed by atoms with van der Waals surface area (Å²) in [7, 11) is 3.35. The largest absolute Gasteiger partial charge is 0.497 e. The lowest BCUT2D eigenvalue weighted by Crippen LogP contribution is -2.46. The van der Waals surface area contributed by atoms with Gasteiger partial charge in [-0.3, -0.25) is 9.69 Å². The molecule has 0 spiro atoms. The van der Waals surface area contributed by atoms with Crippen molar-refractivity contribution in [1.82, 2.24) is 9.80 Å². The van der Waals surface area contributed by atoms with Gasteiger partial charge in [0.1, 0.15) is 5.75 Å². The molecular formula is C32H46N2O3. The SMILES string of the molecule is C/C=C(\C)C1(c2ccc(OC)cc2)CCCN(Cc2cccc(C(=O)N(CC)CC)c2)C1.C=CCOC. The molecular weight excluding hydrogens is 460 g/mol. The maximum Gasteiger partial charge on any atom is 0.253 e. The molecule has 0 N–H and O–H groups in total. The van der Waals surface area contributed by atoms with E-state index < -0.39 is 0 Å². The fourth-order valence-electron chi connectivity index (χ4n) is 5.12. The first-order chi connectivity index (χ1) is 17.9. The predicted molar refractivity (Wildman–Crippen MR) is 154 cm³/mol. The fraction of sp³-hybridized carbons (Fsp3) is 0.469. The van der Waals surface area contributed by atoms with Crippen molar-refractivity contribution in [2.45, 2.75) is 52.5 Å². The van der Waals surface area contributed by atoms with Gasteiger partial charge >= 0.3 is 0 Å². The van der Waals surface area contributed by atoms with Gasteiger partial charge in [0.2, 0.25) is 0 Å². The van der Waals surface area contributed by atoms with Crippen LogP contribution in [0.25, 0.3) is 0 Å². The smallest absolute Gasteiger partial charge is 0.253 e. The van der Waals surface area contributed by atoms with E-state index >= 15 is 0 Å². The number of ether oxygens (including phenoxy) is 2. The van der Waals surface area contributed by atoms with Gasteiger partial charge in [0, 0.05) is 44.3 Å². The van der Waals surface area contributed by atoms with Crippen LogP contribution in [-0.2, 0) is 16.7 Å². The Labute approximate surface area is 224 Å². The van der Waals surface area contributed by atoms with Gasteiger partial charge in [-0.1, -0.05) is 42.0 Å². The average molecular weight is 507 g/mol. The highest BCUT2D eigenvalue weighted by molar-refractivity contribution is 5.94. The third kappa shape index (κ3) is 8.05. The molecule has 3 rings (SSSR count). The summed E-state index contributed by atoms with van der Waals surface area (Å²) in [6, 6.07) is 16.8. The molecule has 1 fully saturated rings. The van der Waals surface area contributed by atoms with Crippen LogP contribution in [0.5, 0.6) is 5.75 Å². The fourth-order valence-corrected chi connectivity index (χ4v) is 5.12. The molecule has 1 heterocycles. The van der Waals surface area contributed by atoms with Crippen molar-refractivity contribution < 1.29 is 14.3 Å². The van der Waals surface area contributed by atoms with Crippen molar-refractivity contribution in [3.8, 4) is 5.75 Å². The van der Waals surface area contributed by atoms with Crippen LogP contribution >= 0.6 is 0 Å². The molecule has 1 aliphatic rings. The zero-order valence-electron chi connectivity index (χ0n) is 23.8. The van der Waals surface area contributed by atoms with E-state index in [0.29, 0.717) is 6.61 Å². The van der Waals surface area contributed by atoms with E-state index in [2.05, 4.69) is 72.5 Å². The number of hydrogen-bond donors (Lipinski definition) is 0. The van der Waals surface area contributed by atoms with Crippen molar-refractivity contribution in [3.63, 3.8) is 0 Å². The highest BCUT2D eigenvalue weighted by atomic mass is 16.5. The topological polar surface area (TPSA) is 42.0 Å². The van der Waals surface area contributed by atoms with E-state index in [-0.39, 0.29) is 11.3 Å². The van der Waals surface area contributed by atoms with Crippen molar-refractivity contribution in [2.75, 3.05) is 47.0 Å². The van der Waals surface area contributed by atoms with E-state index in [1.165, 1.54) is 16.7 Å². The number of carbonyl (C=O) groups excluding carboxylic acids is 1. The zero-order valence-corrected chi connectivity index (χ0v) is 23.8. The third-order valence-electron chi connectivity index (χ3n) is 7.32. The third-order valence-corrected chi connectivity index (χ3v) is 7.32. The van der Waals surface area contributed by atoms with Gasteiger partial charge in [0.25, 0.3) is 5.91 Å². The molecule has 5 nitrogen and oxygen atoms in total. The van der Waals surface area contributed by atoms with E-state index in [0.717, 1.165) is 56.9 Å². The molecule has 1 unspecified atom stereocenters. The molecule has 2 aromatic rings. The summed E-state index contributed by atoms with van der Waals surface area (Å²) in [6.45, 7) is 16.9. The van der Waals surface area contributed by atoms with E-state index in [9.17, 15) is 4.79 Å². The number of nitrogens with zero attached hydrogens (tertiary/aromatic N) is 2. The van der Waals surface area contributed by atoms with E-state index in [1.807, 2.05) is 30.9 Å². The highest BCUT2D eigenvalue weighted by Gasteiger charge is 2.38. The minimum absolute atomic E-state index is 0.00786. The van der Waals surface area contributed by atoms with Crippen LogP contribution in [0.3, 0.4) is 0 Å². The van der Waals surface area contributed by atoms with Gasteiger partial charge < -0.3 is 14.4 Å². The maximum atomic E-state index is 12.8. The molecule has 1 saturated heterocycles. The molecule has 0 aliphatic carbocycles. The van der Waals surface area contributed by atoms with E-state index in [1.54, 1.807) is 20.3 Å². The number of allylic oxidation sites excluding steroid dienone is 1. The second kappa shape index (κ2) is 15.4. The molecule has 0 radical (unpaired) electrons. The molecule has 37 heavy (non-hydrogen) atoms. The maximum absolute atomic E-state index is 12.8. The van der Waals surface area contributed by atoms with E-state index in [4.69, 9.17) is 4.74 Å². The molecule has 202 valence electrons. The van der Waals surface area contributed by atoms with Crippen LogP contribution in [-0.4, -0.2) is 62.7 Å². The Morgan fingerprint density at radius 3 is 2.38 bits per heavy atom. The van der Waals surface area contributed by atoms with Gasteiger partial charge in [-0.05, 0) is 82.5 Å². The molecule has 5 heteroatoms. The minimum Gasteiger partial charge on any atom is -0.497 e. The summed E-state index contributed by atoms with van der Waals surface area (Å²) < 4.78 is 9.96. The Morgan fingerprint density at radius 2 is 1.84 bits per heavy atom. The summed E-state index contributed by atoms with van der Waals surface area (Å²) >= 11 is 0. The summed E-state index contributed by atoms with van der Waals surface area (Å²) in [6.07, 6.45) is 6.26. The number of rotatable bonds is 10. The number of piperidine rings is 1. The summed E-state index contributed by atoms with van der Waals surface area (Å²) in [5.74, 6) is 1.01. The van der Waals surface area contributed by atoms with Gasteiger partial charge in [-0.15, -0.1) is 6.58 Å². The second-order valence-electron chi connectivity index (χ2n) is 9.52. The lowest BCUT2D eigenvalue weighted by molar-refractivity contribution is 0.0772. The Balaban J connectivity index is 0.000000877. The van der Waals surface area contributed by atoms with Gasteiger partial charge in [0.15, 0.2) is 0 Å². The quantitative estimate of drug-likeness (QED) is 0.345. The van der Waals surface area contributed by atoms with Crippen LogP contribution < -0.4 is 4.74 Å². The zero-order chi connectivity index (χ0) is 27.3. The first-order valence-electron chi connectivity index (χ1n) is 13.4. The molecule has 1 aliphatic heterocycles. The number of carbonyl (C=O) groups is 1. The summed E-state index contributed by atoms with van der Waals surface area (Å²) in [5.41, 5.74) is 4.76. The van der Waals surface area contributed by atoms with Gasteiger partial charge in [0.05, 0.1) is 13.7 Å². The second-order valence-corrected chi connectivity index (χ2v) is 9.52. The predicted octanol–water partition coefficient (Wildman–Crippen LogP) is 6.50. The Hall–Kier alpha value is -2.89. The first-order valence-corrected chi connectivity index (χ1v) is 13.4. The van der Waals surface area contributed by atoms with Gasteiger partial charge in [-0.2, -0.15) is 0 Å². The number of hydrogen-bond acceptors (Lipinski definition) is 4. The molecule has 0 bridgehead atoms. The highest BCUT2D eigenvalue weighted by Crippen LogP contribution is 2.41. The normalized spacial score (nSPS) is 17.9. The molecule has 0 saturated carbocycles. The number of benzene rings is 2. The van der Waals surface area contributed by atoms with Crippen LogP contribution in [0.4, 0.5) is 0 Å². The number of likely N-dealkylation sites (tertiary alicyclic amines) is 1. The Bertz CT molecular complexity index is 1010. The lowest BCUT2D eigenvalue weighted by atomic mass is 9.69. The average Bonchev–Trinajstić information content (AvgIpc) is 2.94. The summed E-state index contributed by atoms with van der Waals surface area (Å²) in [4.78, 5) is 17.2. The first kappa shape index (κ1) is 30.3. The molecule has 1 amide bonds. The number of methoxy groups -OCH3 is 2. The van der Waals surface area contributed by atoms with Crippen molar-refractivity contribution in [2.24, 2.45) is 0 Å². The van der Waals surface area contributed by atoms with Gasteiger partial charge in [-0.25, -0.2) is 0 Å². The number of amides is 1. The monoisotopic (exact) mass is 506 g/mol. The Kier molecular flexibility index (Phi) is 12.6. The van der Waals surface area contributed by atoms with Crippen molar-refractivity contribution >= 4 is 5.91 Å². The van der Waals surface area contributed by atoms with Crippen LogP contribution in [0.2, 0.25) is 0 Å². The summed E-state index contributed by atoms with van der Waals surface area (Å²) in [5, 5.41) is 0. The van der Waals surface area contributed by atoms with Crippen molar-refractivity contribution in [1.29, 1.82) is 0 Å². The lowest BCUT2D eigenvalue weighted by Gasteiger charge is -2.44. The molecule has 0 aromatic heterocycles. The molecule has 2 aromatic carbocycles. The van der Waals surface area contributed by atoms with Crippen LogP contribution in [0.15, 0.2) is 72.8 Å². The van der Waals surface area contributed by atoms with Crippen LogP contribution in [0.1, 0.15) is 62.0 Å². The Morgan fingerprint density at radius 1 is 1.14 bits per heavy atom. The molecule has 1 atom stereocenters. The standard InChI is InChI=1S/C28H38N2O2.C4H8O/c1-6-22(4)28(25-13-15-26(32-5)16-14-25)17-10-18-29(21-28)20-23-11-9-12-24(19-23)27(31)30(7-2)8-3;1-3-4-5-2/h6,9,11-16,19H,7-8,10,17-18,20-21H2,1-5H3;3H,1,4H2,2H3/b22-6+;. The van der Waals surface area contributed by atoms with Crippen LogP contribution in [0, 0.1) is 0 Å². The minimum atomic E-state index is 0.00786.